The summed E-state index contributed by atoms with van der Waals surface area (Å²) in [5.74, 6) is 0. The molecule has 0 unspecified atom stereocenters. The SMILES string of the molecule is CCNCCNCc1csnn1. The lowest BCUT2D eigenvalue weighted by Crippen LogP contribution is -2.26. The third-order valence-corrected chi connectivity index (χ3v) is 1.99. The third-order valence-electron chi connectivity index (χ3n) is 1.44. The van der Waals surface area contributed by atoms with Crippen LogP contribution in [0.4, 0.5) is 0 Å². The number of nitrogens with one attached hydrogen (secondary N) is 2. The lowest BCUT2D eigenvalue weighted by molar-refractivity contribution is 0.618. The van der Waals surface area contributed by atoms with Crippen LogP contribution in [0.2, 0.25) is 0 Å². The van der Waals surface area contributed by atoms with Crippen LogP contribution in [0.3, 0.4) is 0 Å². The maximum atomic E-state index is 3.92. The molecule has 1 aromatic heterocycles. The molecule has 0 saturated carbocycles. The molecule has 5 heteroatoms. The molecular formula is C7H14N4S. The summed E-state index contributed by atoms with van der Waals surface area (Å²) in [5, 5.41) is 12.4. The first-order valence-corrected chi connectivity index (χ1v) is 4.94. The van der Waals surface area contributed by atoms with Gasteiger partial charge in [-0.3, -0.25) is 0 Å². The summed E-state index contributed by atoms with van der Waals surface area (Å²) in [7, 11) is 0. The average molecular weight is 186 g/mol. The quantitative estimate of drug-likeness (QED) is 0.625. The fraction of sp³-hybridized carbons (Fsp3) is 0.714. The molecule has 0 atom stereocenters. The van der Waals surface area contributed by atoms with E-state index in [2.05, 4.69) is 27.1 Å². The van der Waals surface area contributed by atoms with Crippen molar-refractivity contribution in [2.75, 3.05) is 19.6 Å². The largest absolute Gasteiger partial charge is 0.316 e. The topological polar surface area (TPSA) is 49.8 Å². The van der Waals surface area contributed by atoms with Crippen molar-refractivity contribution < 1.29 is 0 Å². The molecule has 1 aromatic rings. The van der Waals surface area contributed by atoms with E-state index in [9.17, 15) is 0 Å². The third kappa shape index (κ3) is 3.75. The highest BCUT2D eigenvalue weighted by Crippen LogP contribution is 1.94. The molecule has 0 radical (unpaired) electrons. The van der Waals surface area contributed by atoms with Gasteiger partial charge in [-0.15, -0.1) is 5.10 Å². The summed E-state index contributed by atoms with van der Waals surface area (Å²) in [6.45, 7) is 5.94. The van der Waals surface area contributed by atoms with Crippen LogP contribution < -0.4 is 10.6 Å². The van der Waals surface area contributed by atoms with Crippen LogP contribution >= 0.6 is 11.5 Å². The van der Waals surface area contributed by atoms with Gasteiger partial charge >= 0.3 is 0 Å². The molecule has 0 aliphatic carbocycles. The van der Waals surface area contributed by atoms with Gasteiger partial charge in [0.15, 0.2) is 0 Å². The summed E-state index contributed by atoms with van der Waals surface area (Å²) in [4.78, 5) is 0. The molecule has 0 saturated heterocycles. The van der Waals surface area contributed by atoms with Gasteiger partial charge in [0, 0.05) is 25.0 Å². The summed E-state index contributed by atoms with van der Waals surface area (Å²) < 4.78 is 3.77. The second-order valence-corrected chi connectivity index (χ2v) is 3.04. The van der Waals surface area contributed by atoms with E-state index in [-0.39, 0.29) is 0 Å². The Bertz CT molecular complexity index is 187. The summed E-state index contributed by atoms with van der Waals surface area (Å²) in [6, 6.07) is 0. The van der Waals surface area contributed by atoms with Crippen LogP contribution in [0.25, 0.3) is 0 Å². The highest BCUT2D eigenvalue weighted by molar-refractivity contribution is 7.03. The Morgan fingerprint density at radius 3 is 2.92 bits per heavy atom. The van der Waals surface area contributed by atoms with Crippen molar-refractivity contribution in [3.63, 3.8) is 0 Å². The zero-order valence-corrected chi connectivity index (χ0v) is 8.02. The number of likely N-dealkylation sites (N-methyl/N-ethyl adjacent to an activating group) is 1. The number of aromatic nitrogens is 2. The zero-order chi connectivity index (χ0) is 8.65. The van der Waals surface area contributed by atoms with E-state index in [1.807, 2.05) is 5.38 Å². The molecule has 0 amide bonds. The van der Waals surface area contributed by atoms with Crippen molar-refractivity contribution >= 4 is 11.5 Å². The Morgan fingerprint density at radius 1 is 1.42 bits per heavy atom. The first-order chi connectivity index (χ1) is 5.93. The van der Waals surface area contributed by atoms with E-state index >= 15 is 0 Å². The molecule has 0 aliphatic rings. The summed E-state index contributed by atoms with van der Waals surface area (Å²) in [6.07, 6.45) is 0. The van der Waals surface area contributed by atoms with Gasteiger partial charge in [-0.1, -0.05) is 11.4 Å². The average Bonchev–Trinajstić information content (AvgIpc) is 2.57. The monoisotopic (exact) mass is 186 g/mol. The fourth-order valence-electron chi connectivity index (χ4n) is 0.831. The predicted molar refractivity (Wildman–Crippen MR) is 50.2 cm³/mol. The summed E-state index contributed by atoms with van der Waals surface area (Å²) in [5.41, 5.74) is 1.02. The highest BCUT2D eigenvalue weighted by Gasteiger charge is 1.93. The van der Waals surface area contributed by atoms with E-state index in [1.165, 1.54) is 11.5 Å². The number of rotatable bonds is 6. The summed E-state index contributed by atoms with van der Waals surface area (Å²) >= 11 is 1.39. The molecule has 0 spiro atoms. The fourth-order valence-corrected chi connectivity index (χ4v) is 1.28. The van der Waals surface area contributed by atoms with Crippen molar-refractivity contribution in [1.82, 2.24) is 20.2 Å². The van der Waals surface area contributed by atoms with Crippen LogP contribution in [0.5, 0.6) is 0 Å². The molecule has 12 heavy (non-hydrogen) atoms. The van der Waals surface area contributed by atoms with Crippen LogP contribution in [-0.2, 0) is 6.54 Å². The van der Waals surface area contributed by atoms with Gasteiger partial charge in [-0.25, -0.2) is 0 Å². The first-order valence-electron chi connectivity index (χ1n) is 4.11. The van der Waals surface area contributed by atoms with Crippen molar-refractivity contribution in [1.29, 1.82) is 0 Å². The Kier molecular flexibility index (Phi) is 4.82. The lowest BCUT2D eigenvalue weighted by atomic mass is 10.5. The van der Waals surface area contributed by atoms with Gasteiger partial charge in [0.05, 0.1) is 5.69 Å². The number of hydrogen-bond donors (Lipinski definition) is 2. The van der Waals surface area contributed by atoms with Crippen molar-refractivity contribution in [3.05, 3.63) is 11.1 Å². The van der Waals surface area contributed by atoms with Gasteiger partial charge in [0.1, 0.15) is 0 Å². The van der Waals surface area contributed by atoms with Crippen LogP contribution in [0.15, 0.2) is 5.38 Å². The Morgan fingerprint density at radius 2 is 2.25 bits per heavy atom. The Balaban J connectivity index is 1.96. The minimum absolute atomic E-state index is 0.821. The minimum Gasteiger partial charge on any atom is -0.316 e. The predicted octanol–water partition coefficient (Wildman–Crippen LogP) is 0.237. The molecule has 1 heterocycles. The van der Waals surface area contributed by atoms with E-state index in [0.717, 1.165) is 31.9 Å². The second-order valence-electron chi connectivity index (χ2n) is 2.43. The molecule has 0 aliphatic heterocycles. The maximum absolute atomic E-state index is 3.92. The second kappa shape index (κ2) is 6.05. The number of hydrogen-bond acceptors (Lipinski definition) is 5. The highest BCUT2D eigenvalue weighted by atomic mass is 32.1. The van der Waals surface area contributed by atoms with E-state index in [4.69, 9.17) is 0 Å². The van der Waals surface area contributed by atoms with Crippen molar-refractivity contribution in [3.8, 4) is 0 Å². The maximum Gasteiger partial charge on any atom is 0.0893 e. The first kappa shape index (κ1) is 9.57. The normalized spacial score (nSPS) is 10.4. The molecule has 68 valence electrons. The molecule has 4 nitrogen and oxygen atoms in total. The lowest BCUT2D eigenvalue weighted by Gasteiger charge is -2.01. The molecule has 2 N–H and O–H groups in total. The van der Waals surface area contributed by atoms with Crippen LogP contribution in [0, 0.1) is 0 Å². The van der Waals surface area contributed by atoms with E-state index in [1.54, 1.807) is 0 Å². The van der Waals surface area contributed by atoms with Crippen LogP contribution in [-0.4, -0.2) is 29.2 Å². The van der Waals surface area contributed by atoms with Gasteiger partial charge in [0.2, 0.25) is 0 Å². The Labute approximate surface area is 76.5 Å². The molecule has 0 bridgehead atoms. The van der Waals surface area contributed by atoms with E-state index < -0.39 is 0 Å². The van der Waals surface area contributed by atoms with Crippen molar-refractivity contribution in [2.45, 2.75) is 13.5 Å². The van der Waals surface area contributed by atoms with E-state index in [0.29, 0.717) is 0 Å². The van der Waals surface area contributed by atoms with Crippen LogP contribution in [0.1, 0.15) is 12.6 Å². The minimum atomic E-state index is 0.821. The van der Waals surface area contributed by atoms with Gasteiger partial charge in [-0.2, -0.15) is 0 Å². The number of nitrogens with zero attached hydrogens (tertiary/aromatic N) is 2. The molecular weight excluding hydrogens is 172 g/mol. The zero-order valence-electron chi connectivity index (χ0n) is 7.21. The standard InChI is InChI=1S/C7H14N4S/c1-2-8-3-4-9-5-7-6-12-11-10-7/h6,8-9H,2-5H2,1H3. The Hall–Kier alpha value is -0.520. The van der Waals surface area contributed by atoms with Gasteiger partial charge < -0.3 is 10.6 Å². The molecule has 1 rings (SSSR count). The smallest absolute Gasteiger partial charge is 0.0893 e. The molecule has 0 fully saturated rings. The van der Waals surface area contributed by atoms with Gasteiger partial charge in [-0.05, 0) is 18.1 Å². The van der Waals surface area contributed by atoms with Gasteiger partial charge in [0.25, 0.3) is 0 Å². The molecule has 0 aromatic carbocycles. The van der Waals surface area contributed by atoms with Crippen molar-refractivity contribution in [2.24, 2.45) is 0 Å².